The highest BCUT2D eigenvalue weighted by molar-refractivity contribution is 7.17. The van der Waals surface area contributed by atoms with Gasteiger partial charge >= 0.3 is 0 Å². The van der Waals surface area contributed by atoms with Gasteiger partial charge in [0.05, 0.1) is 9.75 Å². The van der Waals surface area contributed by atoms with E-state index in [1.807, 2.05) is 45.3 Å². The van der Waals surface area contributed by atoms with Gasteiger partial charge in [-0.05, 0) is 118 Å². The summed E-state index contributed by atoms with van der Waals surface area (Å²) in [5.41, 5.74) is 19.5. The fourth-order valence-corrected chi connectivity index (χ4v) is 23.3. The number of benzene rings is 1. The van der Waals surface area contributed by atoms with E-state index in [1.54, 1.807) is 0 Å². The molecule has 0 aliphatic heterocycles. The summed E-state index contributed by atoms with van der Waals surface area (Å²) in [4.78, 5) is 7.61. The van der Waals surface area contributed by atoms with Gasteiger partial charge in [-0.2, -0.15) is 0 Å². The zero-order chi connectivity index (χ0) is 38.1. The molecule has 0 aliphatic carbocycles. The molecule has 0 bridgehead atoms. The van der Waals surface area contributed by atoms with E-state index in [1.165, 1.54) is 62.6 Å². The highest BCUT2D eigenvalue weighted by atomic mass is 32.1. The van der Waals surface area contributed by atoms with Crippen LogP contribution in [-0.2, 0) is 0 Å². The molecular formula is C46H58S4Si2. The Kier molecular flexibility index (Phi) is 12.9. The zero-order valence-electron chi connectivity index (χ0n) is 33.9. The molecule has 274 valence electrons. The summed E-state index contributed by atoms with van der Waals surface area (Å²) in [6.07, 6.45) is 0. The normalized spacial score (nSPS) is 12.4. The van der Waals surface area contributed by atoms with Gasteiger partial charge in [-0.25, -0.2) is 0 Å². The summed E-state index contributed by atoms with van der Waals surface area (Å²) in [5.74, 6) is 7.49. The molecule has 0 spiro atoms. The van der Waals surface area contributed by atoms with Crippen molar-refractivity contribution in [2.45, 2.75) is 130 Å². The van der Waals surface area contributed by atoms with E-state index in [2.05, 4.69) is 179 Å². The maximum atomic E-state index is 3.97. The van der Waals surface area contributed by atoms with Crippen LogP contribution in [0.4, 0.5) is 0 Å². The molecule has 0 saturated heterocycles. The smallest absolute Gasteiger partial charge is 0.144 e. The van der Waals surface area contributed by atoms with Crippen molar-refractivity contribution in [2.24, 2.45) is 0 Å². The van der Waals surface area contributed by atoms with Crippen LogP contribution in [-0.4, -0.2) is 16.1 Å². The van der Waals surface area contributed by atoms with Gasteiger partial charge < -0.3 is 0 Å². The van der Waals surface area contributed by atoms with Crippen LogP contribution >= 0.6 is 45.3 Å². The summed E-state index contributed by atoms with van der Waals surface area (Å²) in [6, 6.07) is 18.7. The molecule has 0 amide bonds. The Balaban J connectivity index is 1.70. The van der Waals surface area contributed by atoms with E-state index >= 15 is 0 Å². The van der Waals surface area contributed by atoms with Gasteiger partial charge in [0.25, 0.3) is 0 Å². The second kappa shape index (κ2) is 16.5. The van der Waals surface area contributed by atoms with Gasteiger partial charge in [-0.15, -0.1) is 56.4 Å². The first-order chi connectivity index (χ1) is 24.5. The Labute approximate surface area is 334 Å². The molecule has 6 heteroatoms. The van der Waals surface area contributed by atoms with Gasteiger partial charge in [0, 0.05) is 41.8 Å². The van der Waals surface area contributed by atoms with Crippen LogP contribution in [0.1, 0.15) is 104 Å². The summed E-state index contributed by atoms with van der Waals surface area (Å²) >= 11 is 7.40. The quantitative estimate of drug-likeness (QED) is 0.0976. The lowest BCUT2D eigenvalue weighted by Gasteiger charge is -2.38. The van der Waals surface area contributed by atoms with E-state index in [9.17, 15) is 0 Å². The molecule has 0 nitrogen and oxygen atoms in total. The maximum Gasteiger partial charge on any atom is 0.146 e. The van der Waals surface area contributed by atoms with E-state index in [0.717, 1.165) is 0 Å². The Morgan fingerprint density at radius 1 is 0.442 bits per heavy atom. The molecule has 5 rings (SSSR count). The van der Waals surface area contributed by atoms with Crippen LogP contribution in [0.25, 0.3) is 41.8 Å². The first-order valence-electron chi connectivity index (χ1n) is 19.1. The zero-order valence-corrected chi connectivity index (χ0v) is 39.1. The van der Waals surface area contributed by atoms with Crippen molar-refractivity contribution in [2.75, 3.05) is 0 Å². The Bertz CT molecular complexity index is 1920. The average molecular weight is 795 g/mol. The lowest BCUT2D eigenvalue weighted by atomic mass is 9.93. The number of hydrogen-bond acceptors (Lipinski definition) is 4. The van der Waals surface area contributed by atoms with Crippen molar-refractivity contribution < 1.29 is 0 Å². The first kappa shape index (κ1) is 40.8. The van der Waals surface area contributed by atoms with Crippen LogP contribution in [0.15, 0.2) is 59.3 Å². The number of rotatable bonds is 10. The largest absolute Gasteiger partial charge is 0.146 e. The summed E-state index contributed by atoms with van der Waals surface area (Å²) < 4.78 is 0. The third-order valence-corrected chi connectivity index (χ3v) is 28.4. The Morgan fingerprint density at radius 2 is 0.769 bits per heavy atom. The number of thiophene rings is 4. The molecule has 0 unspecified atom stereocenters. The van der Waals surface area contributed by atoms with E-state index in [-0.39, 0.29) is 0 Å². The van der Waals surface area contributed by atoms with Crippen LogP contribution in [0, 0.1) is 36.8 Å². The minimum absolute atomic E-state index is 0.617. The number of aryl methyl sites for hydroxylation is 2. The fraction of sp³-hybridized carbons (Fsp3) is 0.435. The molecule has 1 aromatic carbocycles. The predicted octanol–water partition coefficient (Wildman–Crippen LogP) is 16.4. The standard InChI is InChI=1S/C46H58S4Si2/c1-29(2)51(30(3)4,31(5)6)25-21-37-15-17-43(49-37)39-27-42(46-36(14)20-24-48-46)40(28-41(39)45-35(13)19-23-47-45)44-18-16-38(50-44)22-26-52(32(7)8,33(9)10)34(11)12/h15-20,23-24,27-34H,1-14H3. The molecule has 0 atom stereocenters. The second-order valence-electron chi connectivity index (χ2n) is 16.4. The van der Waals surface area contributed by atoms with E-state index < -0.39 is 16.1 Å². The fourth-order valence-electron chi connectivity index (χ4n) is 8.99. The van der Waals surface area contributed by atoms with Gasteiger partial charge in [-0.3, -0.25) is 0 Å². The highest BCUT2D eigenvalue weighted by Crippen LogP contribution is 2.49. The highest BCUT2D eigenvalue weighted by Gasteiger charge is 2.42. The third-order valence-electron chi connectivity index (χ3n) is 11.7. The SMILES string of the molecule is Cc1ccsc1-c1cc(-c2ccc(C#C[Si](C(C)C)(C(C)C)C(C)C)s2)c(-c2sccc2C)cc1-c1ccc(C#C[Si](C(C)C)(C(C)C)C(C)C)s1. The summed E-state index contributed by atoms with van der Waals surface area (Å²) in [7, 11) is -3.66. The Hall–Kier alpha value is -2.43. The van der Waals surface area contributed by atoms with Crippen molar-refractivity contribution >= 4 is 61.5 Å². The van der Waals surface area contributed by atoms with Gasteiger partial charge in [0.2, 0.25) is 0 Å². The van der Waals surface area contributed by atoms with Crippen LogP contribution < -0.4 is 0 Å². The minimum Gasteiger partial charge on any atom is -0.144 e. The second-order valence-corrected chi connectivity index (χ2v) is 31.6. The minimum atomic E-state index is -1.83. The van der Waals surface area contributed by atoms with Crippen LogP contribution in [0.5, 0.6) is 0 Å². The average Bonchev–Trinajstić information content (AvgIpc) is 3.89. The van der Waals surface area contributed by atoms with E-state index in [0.29, 0.717) is 33.2 Å². The number of hydrogen-bond donors (Lipinski definition) is 0. The third kappa shape index (κ3) is 7.73. The molecule has 0 N–H and O–H groups in total. The van der Waals surface area contributed by atoms with Gasteiger partial charge in [-0.1, -0.05) is 94.9 Å². The topological polar surface area (TPSA) is 0 Å². The molecule has 52 heavy (non-hydrogen) atoms. The predicted molar refractivity (Wildman–Crippen MR) is 245 cm³/mol. The summed E-state index contributed by atoms with van der Waals surface area (Å²) in [6.45, 7) is 33.2. The maximum absolute atomic E-state index is 3.97. The molecule has 0 fully saturated rings. The molecule has 5 aromatic rings. The van der Waals surface area contributed by atoms with Crippen molar-refractivity contribution in [1.29, 1.82) is 0 Å². The molecule has 4 heterocycles. The molecule has 0 aliphatic rings. The molecule has 0 radical (unpaired) electrons. The van der Waals surface area contributed by atoms with Crippen LogP contribution in [0.3, 0.4) is 0 Å². The lowest BCUT2D eigenvalue weighted by Crippen LogP contribution is -2.43. The first-order valence-corrected chi connectivity index (χ1v) is 26.9. The lowest BCUT2D eigenvalue weighted by molar-refractivity contribution is 0.838. The van der Waals surface area contributed by atoms with Gasteiger partial charge in [0.1, 0.15) is 16.1 Å². The van der Waals surface area contributed by atoms with Crippen molar-refractivity contribution in [3.8, 4) is 64.7 Å². The molecule has 4 aromatic heterocycles. The van der Waals surface area contributed by atoms with Gasteiger partial charge in [0.15, 0.2) is 0 Å². The van der Waals surface area contributed by atoms with Crippen molar-refractivity contribution in [3.05, 3.63) is 80.2 Å². The monoisotopic (exact) mass is 794 g/mol. The van der Waals surface area contributed by atoms with Crippen LogP contribution in [0.2, 0.25) is 33.2 Å². The molecular weight excluding hydrogens is 737 g/mol. The summed E-state index contributed by atoms with van der Waals surface area (Å²) in [5, 5.41) is 4.47. The Morgan fingerprint density at radius 3 is 1.04 bits per heavy atom. The van der Waals surface area contributed by atoms with Crippen molar-refractivity contribution in [3.63, 3.8) is 0 Å². The van der Waals surface area contributed by atoms with E-state index in [4.69, 9.17) is 0 Å². The van der Waals surface area contributed by atoms with Crippen molar-refractivity contribution in [1.82, 2.24) is 0 Å². The molecule has 0 saturated carbocycles.